The SMILES string of the molecule is C#CC#CC#CC#CC#CC#CC#CB=NC#CC#CC#CC#CC#CC#CC#C. The summed E-state index contributed by atoms with van der Waals surface area (Å²) in [5.74, 6) is 60.8. The van der Waals surface area contributed by atoms with E-state index in [9.17, 15) is 0 Å². The Hall–Kier alpha value is -6.30. The van der Waals surface area contributed by atoms with Crippen molar-refractivity contribution < 1.29 is 0 Å². The summed E-state index contributed by atoms with van der Waals surface area (Å²) in [6.45, 7) is 0. The minimum absolute atomic E-state index is 1.28. The van der Waals surface area contributed by atoms with Crippen LogP contribution in [0, 0.1) is 167 Å². The summed E-state index contributed by atoms with van der Waals surface area (Å²) in [5, 5.41) is 0. The molecule has 0 saturated heterocycles. The maximum atomic E-state index is 4.92. The second-order valence-corrected chi connectivity index (χ2v) is 3.55. The molecule has 0 amide bonds. The van der Waals surface area contributed by atoms with Crippen molar-refractivity contribution in [2.24, 2.45) is 4.90 Å². The third kappa shape index (κ3) is 21.7. The molecule has 122 valence electrons. The summed E-state index contributed by atoms with van der Waals surface area (Å²) in [6.07, 6.45) is 9.83. The van der Waals surface area contributed by atoms with Crippen LogP contribution in [0.15, 0.2) is 4.90 Å². The van der Waals surface area contributed by atoms with Crippen molar-refractivity contribution in [2.45, 2.75) is 0 Å². The van der Waals surface area contributed by atoms with Gasteiger partial charge in [0.1, 0.15) is 0 Å². The van der Waals surface area contributed by atoms with Crippen molar-refractivity contribution in [2.75, 3.05) is 0 Å². The van der Waals surface area contributed by atoms with Crippen LogP contribution in [0.4, 0.5) is 0 Å². The molecule has 0 aromatic carbocycles. The molecule has 0 saturated carbocycles. The fraction of sp³-hybridized carbons (Fsp3) is 0. The smallest absolute Gasteiger partial charge is 0.106 e. The molecule has 0 aliphatic heterocycles. The molecule has 30 heavy (non-hydrogen) atoms. The predicted molar refractivity (Wildman–Crippen MR) is 119 cm³/mol. The molecule has 0 unspecified atom stereocenters. The van der Waals surface area contributed by atoms with Crippen LogP contribution in [-0.4, -0.2) is 7.07 Å². The van der Waals surface area contributed by atoms with E-state index in [0.29, 0.717) is 0 Å². The Morgan fingerprint density at radius 1 is 0.367 bits per heavy atom. The van der Waals surface area contributed by atoms with Gasteiger partial charge in [-0.15, -0.1) is 12.8 Å². The summed E-state index contributed by atoms with van der Waals surface area (Å²) in [6, 6.07) is 2.42. The third-order valence-corrected chi connectivity index (χ3v) is 1.72. The zero-order chi connectivity index (χ0) is 21.8. The van der Waals surface area contributed by atoms with E-state index < -0.39 is 0 Å². The molecule has 0 radical (unpaired) electrons. The van der Waals surface area contributed by atoms with Gasteiger partial charge in [-0.1, -0.05) is 0 Å². The van der Waals surface area contributed by atoms with E-state index in [1.54, 1.807) is 0 Å². The van der Waals surface area contributed by atoms with Gasteiger partial charge in [0, 0.05) is 0 Å². The molecule has 0 aliphatic carbocycles. The fourth-order valence-electron chi connectivity index (χ4n) is 0.828. The van der Waals surface area contributed by atoms with E-state index >= 15 is 0 Å². The van der Waals surface area contributed by atoms with Gasteiger partial charge in [-0.3, -0.25) is 0 Å². The van der Waals surface area contributed by atoms with Crippen LogP contribution in [0.2, 0.25) is 0 Å². The van der Waals surface area contributed by atoms with Crippen LogP contribution >= 0.6 is 0 Å². The van der Waals surface area contributed by atoms with Crippen molar-refractivity contribution in [3.05, 3.63) is 0 Å². The standard InChI is InChI=1S/C28H2BN/c1-3-5-7-9-11-13-15-17-19-21-23-25-27-29-30-28-26-24-22-20-18-16-14-12-10-8-6-4-2/h1-2H. The summed E-state index contributed by atoms with van der Waals surface area (Å²) in [4.78, 5) is 3.69. The Morgan fingerprint density at radius 2 is 0.667 bits per heavy atom. The number of hydrogen-bond donors (Lipinski definition) is 0. The molecule has 1 nitrogen and oxygen atoms in total. The van der Waals surface area contributed by atoms with Crippen LogP contribution in [0.5, 0.6) is 0 Å². The molecular weight excluding hydrogens is 361 g/mol. The van der Waals surface area contributed by atoms with Gasteiger partial charge in [0.2, 0.25) is 0 Å². The van der Waals surface area contributed by atoms with Crippen molar-refractivity contribution >= 4 is 7.07 Å². The molecule has 0 aromatic rings. The van der Waals surface area contributed by atoms with Crippen molar-refractivity contribution in [3.8, 4) is 167 Å². The van der Waals surface area contributed by atoms with Crippen LogP contribution in [0.25, 0.3) is 0 Å². The quantitative estimate of drug-likeness (QED) is 0.428. The average Bonchev–Trinajstić information content (AvgIpc) is 2.76. The van der Waals surface area contributed by atoms with E-state index in [0.717, 1.165) is 0 Å². The summed E-state index contributed by atoms with van der Waals surface area (Å²) >= 11 is 0. The van der Waals surface area contributed by atoms with Crippen molar-refractivity contribution in [3.63, 3.8) is 0 Å². The van der Waals surface area contributed by atoms with Crippen LogP contribution in [0.3, 0.4) is 0 Å². The Balaban J connectivity index is 4.40. The molecule has 2 heteroatoms. The first-order valence-electron chi connectivity index (χ1n) is 7.35. The third-order valence-electron chi connectivity index (χ3n) is 1.72. The molecule has 0 N–H and O–H groups in total. The van der Waals surface area contributed by atoms with Crippen molar-refractivity contribution in [1.29, 1.82) is 0 Å². The summed E-state index contributed by atoms with van der Waals surface area (Å²) < 4.78 is 0. The van der Waals surface area contributed by atoms with Gasteiger partial charge < -0.3 is 0 Å². The molecular formula is C28H2BN. The van der Waals surface area contributed by atoms with Gasteiger partial charge in [0.25, 0.3) is 0 Å². The zero-order valence-electron chi connectivity index (χ0n) is 15.2. The van der Waals surface area contributed by atoms with Crippen LogP contribution in [-0.2, 0) is 0 Å². The van der Waals surface area contributed by atoms with E-state index in [4.69, 9.17) is 12.8 Å². The molecule has 0 fully saturated rings. The Labute approximate surface area is 178 Å². The van der Waals surface area contributed by atoms with Crippen molar-refractivity contribution in [1.82, 2.24) is 0 Å². The predicted octanol–water partition coefficient (Wildman–Crippen LogP) is 0.0964. The fourth-order valence-corrected chi connectivity index (χ4v) is 0.828. The normalized spacial score (nSPS) is 4.33. The maximum absolute atomic E-state index is 4.92. The Bertz CT molecular complexity index is 1440. The Morgan fingerprint density at radius 3 is 1.03 bits per heavy atom. The first-order chi connectivity index (χ1) is 14.9. The number of terminal acetylenes is 2. The average molecular weight is 363 g/mol. The van der Waals surface area contributed by atoms with Gasteiger partial charge >= 0.3 is 148 Å². The van der Waals surface area contributed by atoms with E-state index in [2.05, 4.69) is 159 Å². The zero-order valence-corrected chi connectivity index (χ0v) is 15.2. The molecule has 0 bridgehead atoms. The second kappa shape index (κ2) is 22.7. The van der Waals surface area contributed by atoms with Gasteiger partial charge in [-0.05, 0) is 17.8 Å². The first-order valence-corrected chi connectivity index (χ1v) is 7.35. The Kier molecular flexibility index (Phi) is 17.9. The number of hydrogen-bond acceptors (Lipinski definition) is 1. The minimum atomic E-state index is 1.28. The van der Waals surface area contributed by atoms with Gasteiger partial charge in [-0.2, -0.15) is 0 Å². The van der Waals surface area contributed by atoms with Crippen LogP contribution in [0.1, 0.15) is 0 Å². The van der Waals surface area contributed by atoms with E-state index in [1.165, 1.54) is 7.07 Å². The molecule has 0 aliphatic rings. The molecule has 0 rings (SSSR count). The van der Waals surface area contributed by atoms with Gasteiger partial charge in [-0.25, -0.2) is 0 Å². The summed E-state index contributed by atoms with van der Waals surface area (Å²) in [5.41, 5.74) is 0. The van der Waals surface area contributed by atoms with Gasteiger partial charge in [0.05, 0.1) is 0 Å². The number of rotatable bonds is 0. The summed E-state index contributed by atoms with van der Waals surface area (Å²) in [7, 11) is 1.28. The van der Waals surface area contributed by atoms with E-state index in [1.807, 2.05) is 0 Å². The number of nitrogens with zero attached hydrogens (tertiary/aromatic N) is 1. The molecule has 0 heterocycles. The van der Waals surface area contributed by atoms with E-state index in [-0.39, 0.29) is 0 Å². The molecule has 0 atom stereocenters. The van der Waals surface area contributed by atoms with Crippen LogP contribution < -0.4 is 0 Å². The topological polar surface area (TPSA) is 12.4 Å². The monoisotopic (exact) mass is 363 g/mol. The molecule has 0 aromatic heterocycles. The molecule has 0 spiro atoms. The van der Waals surface area contributed by atoms with Gasteiger partial charge in [0.15, 0.2) is 0 Å². The minimum Gasteiger partial charge on any atom is -0.106 e. The second-order valence-electron chi connectivity index (χ2n) is 3.55. The first kappa shape index (κ1) is 23.7.